The minimum Gasteiger partial charge on any atom is -0.456 e. The van der Waals surface area contributed by atoms with Gasteiger partial charge in [0.1, 0.15) is 11.2 Å². The third-order valence-corrected chi connectivity index (χ3v) is 3.79. The van der Waals surface area contributed by atoms with E-state index in [1.54, 1.807) is 12.1 Å². The van der Waals surface area contributed by atoms with Crippen LogP contribution in [0.3, 0.4) is 0 Å². The first kappa shape index (κ1) is 14.3. The Hall–Kier alpha value is -1.66. The zero-order valence-corrected chi connectivity index (χ0v) is 11.8. The molecular weight excluding hydrogens is 325 g/mol. The molecular formula is C14H6ClF3O2S. The molecule has 2 nitrogen and oxygen atoms in total. The maximum absolute atomic E-state index is 12.4. The Balaban J connectivity index is 2.27. The van der Waals surface area contributed by atoms with Crippen LogP contribution in [0.15, 0.2) is 50.5 Å². The van der Waals surface area contributed by atoms with Gasteiger partial charge in [0.25, 0.3) is 0 Å². The summed E-state index contributed by atoms with van der Waals surface area (Å²) in [5.74, 6) is 0. The van der Waals surface area contributed by atoms with Gasteiger partial charge in [-0.05, 0) is 48.2 Å². The summed E-state index contributed by atoms with van der Waals surface area (Å²) in [5.41, 5.74) is -4.23. The molecule has 0 N–H and O–H groups in total. The molecule has 2 aromatic carbocycles. The lowest BCUT2D eigenvalue weighted by molar-refractivity contribution is -0.0328. The summed E-state index contributed by atoms with van der Waals surface area (Å²) < 4.78 is 42.7. The van der Waals surface area contributed by atoms with Gasteiger partial charge in [0.05, 0.1) is 10.8 Å². The summed E-state index contributed by atoms with van der Waals surface area (Å²) >= 11 is 5.55. The third-order valence-electron chi connectivity index (χ3n) is 2.84. The quantitative estimate of drug-likeness (QED) is 0.453. The first-order chi connectivity index (χ1) is 9.83. The van der Waals surface area contributed by atoms with Crippen LogP contribution < -0.4 is 5.43 Å². The number of benzene rings is 2. The lowest BCUT2D eigenvalue weighted by Gasteiger charge is -2.07. The van der Waals surface area contributed by atoms with Gasteiger partial charge in [0, 0.05) is 9.92 Å². The van der Waals surface area contributed by atoms with E-state index >= 15 is 0 Å². The Morgan fingerprint density at radius 2 is 1.62 bits per heavy atom. The van der Waals surface area contributed by atoms with Gasteiger partial charge in [-0.1, -0.05) is 11.6 Å². The molecule has 0 unspecified atom stereocenters. The fourth-order valence-electron chi connectivity index (χ4n) is 2.00. The average Bonchev–Trinajstić information content (AvgIpc) is 2.39. The molecule has 0 bridgehead atoms. The maximum atomic E-state index is 12.4. The van der Waals surface area contributed by atoms with Crippen LogP contribution in [0.2, 0.25) is 5.02 Å². The van der Waals surface area contributed by atoms with Crippen molar-refractivity contribution < 1.29 is 17.6 Å². The van der Waals surface area contributed by atoms with E-state index in [4.69, 9.17) is 16.0 Å². The van der Waals surface area contributed by atoms with Gasteiger partial charge in [-0.3, -0.25) is 4.79 Å². The number of hydrogen-bond acceptors (Lipinski definition) is 3. The zero-order chi connectivity index (χ0) is 15.2. The van der Waals surface area contributed by atoms with Gasteiger partial charge in [0.2, 0.25) is 5.43 Å². The SMILES string of the molecule is O=c1c2cc(Cl)ccc2oc2ccc(SC(F)(F)F)cc12. The van der Waals surface area contributed by atoms with Crippen LogP contribution in [-0.4, -0.2) is 5.51 Å². The zero-order valence-electron chi connectivity index (χ0n) is 10.2. The molecule has 0 saturated carbocycles. The van der Waals surface area contributed by atoms with E-state index in [9.17, 15) is 18.0 Å². The van der Waals surface area contributed by atoms with Crippen molar-refractivity contribution in [3.05, 3.63) is 51.6 Å². The summed E-state index contributed by atoms with van der Waals surface area (Å²) in [6, 6.07) is 8.37. The summed E-state index contributed by atoms with van der Waals surface area (Å²) in [5, 5.41) is 0.693. The Morgan fingerprint density at radius 3 is 2.29 bits per heavy atom. The lowest BCUT2D eigenvalue weighted by atomic mass is 10.1. The molecule has 1 heterocycles. The minimum absolute atomic E-state index is 0.0660. The average molecular weight is 331 g/mol. The molecule has 0 spiro atoms. The van der Waals surface area contributed by atoms with Crippen LogP contribution in [0.5, 0.6) is 0 Å². The monoisotopic (exact) mass is 330 g/mol. The molecule has 0 fully saturated rings. The van der Waals surface area contributed by atoms with Crippen molar-refractivity contribution in [2.75, 3.05) is 0 Å². The van der Waals surface area contributed by atoms with Crippen LogP contribution in [0, 0.1) is 0 Å². The number of alkyl halides is 3. The number of thioether (sulfide) groups is 1. The molecule has 0 radical (unpaired) electrons. The third kappa shape index (κ3) is 2.87. The van der Waals surface area contributed by atoms with E-state index in [0.29, 0.717) is 10.6 Å². The molecule has 0 atom stereocenters. The van der Waals surface area contributed by atoms with Gasteiger partial charge < -0.3 is 4.42 Å². The molecule has 21 heavy (non-hydrogen) atoms. The van der Waals surface area contributed by atoms with E-state index in [1.807, 2.05) is 0 Å². The highest BCUT2D eigenvalue weighted by Gasteiger charge is 2.29. The van der Waals surface area contributed by atoms with Gasteiger partial charge >= 0.3 is 5.51 Å². The van der Waals surface area contributed by atoms with Crippen molar-refractivity contribution in [1.82, 2.24) is 0 Å². The predicted molar refractivity (Wildman–Crippen MR) is 76.9 cm³/mol. The Kier molecular flexibility index (Phi) is 3.37. The van der Waals surface area contributed by atoms with Crippen molar-refractivity contribution in [2.45, 2.75) is 10.4 Å². The van der Waals surface area contributed by atoms with Crippen LogP contribution >= 0.6 is 23.4 Å². The first-order valence-electron chi connectivity index (χ1n) is 5.75. The van der Waals surface area contributed by atoms with E-state index in [2.05, 4.69) is 0 Å². The van der Waals surface area contributed by atoms with Gasteiger partial charge in [0.15, 0.2) is 0 Å². The Labute approximate surface area is 125 Å². The molecule has 0 aliphatic carbocycles. The van der Waals surface area contributed by atoms with Gasteiger partial charge in [-0.25, -0.2) is 0 Å². The standard InChI is InChI=1S/C14H6ClF3O2S/c15-7-1-3-11-9(5-7)13(19)10-6-8(21-14(16,17)18)2-4-12(10)20-11/h1-6H. The Morgan fingerprint density at radius 1 is 1.00 bits per heavy atom. The molecule has 1 aromatic heterocycles. The smallest absolute Gasteiger partial charge is 0.446 e. The largest absolute Gasteiger partial charge is 0.456 e. The fourth-order valence-corrected chi connectivity index (χ4v) is 2.76. The molecule has 0 amide bonds. The number of fused-ring (bicyclic) bond motifs is 2. The highest BCUT2D eigenvalue weighted by molar-refractivity contribution is 8.00. The topological polar surface area (TPSA) is 30.2 Å². The molecule has 7 heteroatoms. The molecule has 0 saturated heterocycles. The van der Waals surface area contributed by atoms with Crippen molar-refractivity contribution in [2.24, 2.45) is 0 Å². The van der Waals surface area contributed by atoms with Crippen molar-refractivity contribution >= 4 is 45.3 Å². The van der Waals surface area contributed by atoms with Crippen LogP contribution in [0.1, 0.15) is 0 Å². The maximum Gasteiger partial charge on any atom is 0.446 e. The Bertz CT molecular complexity index is 902. The number of hydrogen-bond donors (Lipinski definition) is 0. The molecule has 0 aliphatic heterocycles. The second-order valence-corrected chi connectivity index (χ2v) is 5.85. The second-order valence-electron chi connectivity index (χ2n) is 4.28. The predicted octanol–water partition coefficient (Wildman–Crippen LogP) is 5.21. The molecule has 0 aliphatic rings. The van der Waals surface area contributed by atoms with Gasteiger partial charge in [-0.15, -0.1) is 0 Å². The lowest BCUT2D eigenvalue weighted by Crippen LogP contribution is -2.03. The number of halogens is 4. The first-order valence-corrected chi connectivity index (χ1v) is 6.95. The highest BCUT2D eigenvalue weighted by atomic mass is 35.5. The van der Waals surface area contributed by atoms with E-state index in [-0.39, 0.29) is 33.0 Å². The van der Waals surface area contributed by atoms with Crippen LogP contribution in [-0.2, 0) is 0 Å². The van der Waals surface area contributed by atoms with Crippen LogP contribution in [0.4, 0.5) is 13.2 Å². The van der Waals surface area contributed by atoms with Crippen molar-refractivity contribution in [1.29, 1.82) is 0 Å². The van der Waals surface area contributed by atoms with E-state index in [0.717, 1.165) is 0 Å². The van der Waals surface area contributed by atoms with Crippen molar-refractivity contribution in [3.8, 4) is 0 Å². The molecule has 108 valence electrons. The summed E-state index contributed by atoms with van der Waals surface area (Å²) in [6.45, 7) is 0. The minimum atomic E-state index is -4.41. The molecule has 3 rings (SSSR count). The second kappa shape index (κ2) is 4.96. The fraction of sp³-hybridized carbons (Fsp3) is 0.0714. The van der Waals surface area contributed by atoms with Gasteiger partial charge in [-0.2, -0.15) is 13.2 Å². The van der Waals surface area contributed by atoms with Crippen LogP contribution in [0.25, 0.3) is 21.9 Å². The highest BCUT2D eigenvalue weighted by Crippen LogP contribution is 2.37. The number of rotatable bonds is 1. The summed E-state index contributed by atoms with van der Waals surface area (Å²) in [4.78, 5) is 12.3. The summed E-state index contributed by atoms with van der Waals surface area (Å²) in [7, 11) is 0. The van der Waals surface area contributed by atoms with Crippen molar-refractivity contribution in [3.63, 3.8) is 0 Å². The summed E-state index contributed by atoms with van der Waals surface area (Å²) in [6.07, 6.45) is 0. The van der Waals surface area contributed by atoms with E-state index < -0.39 is 10.9 Å². The van der Waals surface area contributed by atoms with E-state index in [1.165, 1.54) is 24.3 Å². The molecule has 3 aromatic rings. The normalized spacial score (nSPS) is 12.2.